The molecule has 9 nitrogen and oxygen atoms in total. The fourth-order valence-corrected chi connectivity index (χ4v) is 7.56. The lowest BCUT2D eigenvalue weighted by Gasteiger charge is -2.35. The van der Waals surface area contributed by atoms with E-state index in [1.165, 1.54) is 18.4 Å². The van der Waals surface area contributed by atoms with Gasteiger partial charge >= 0.3 is 5.97 Å². The van der Waals surface area contributed by atoms with Crippen LogP contribution in [0.2, 0.25) is 18.1 Å². The minimum Gasteiger partial charge on any atom is -0.464 e. The summed E-state index contributed by atoms with van der Waals surface area (Å²) in [5.41, 5.74) is 9.22. The van der Waals surface area contributed by atoms with Crippen LogP contribution in [0, 0.1) is 11.8 Å². The second-order valence-electron chi connectivity index (χ2n) is 9.04. The van der Waals surface area contributed by atoms with Crippen LogP contribution in [0.25, 0.3) is 10.4 Å². The SMILES string of the molecule is CCC(C)[C@H](N=[N+]=[N-])C(=O)N[C@H](C[C@@H](O[Si](CC)(CC)CC)c1nc(C(=O)OC)cs1)C(C)C. The Morgan fingerprint density at radius 3 is 2.29 bits per heavy atom. The van der Waals surface area contributed by atoms with Crippen LogP contribution in [0.15, 0.2) is 10.5 Å². The van der Waals surface area contributed by atoms with Gasteiger partial charge in [-0.2, -0.15) is 0 Å². The molecule has 1 rings (SSSR count). The van der Waals surface area contributed by atoms with E-state index in [1.54, 1.807) is 5.38 Å². The number of hydrogen-bond acceptors (Lipinski definition) is 7. The summed E-state index contributed by atoms with van der Waals surface area (Å²) in [4.78, 5) is 32.5. The Morgan fingerprint density at radius 2 is 1.82 bits per heavy atom. The number of carbonyl (C=O) groups excluding carboxylic acids is 2. The molecular weight excluding hydrogens is 470 g/mol. The van der Waals surface area contributed by atoms with Gasteiger partial charge in [0.1, 0.15) is 11.0 Å². The first kappa shape index (κ1) is 30.1. The van der Waals surface area contributed by atoms with E-state index in [9.17, 15) is 9.59 Å². The van der Waals surface area contributed by atoms with E-state index in [0.29, 0.717) is 11.4 Å². The maximum atomic E-state index is 13.1. The standard InChI is InChI=1S/C23H41N5O4SSi/c1-9-16(7)20(27-28-24)21(29)25-17(15(5)6)13-19(32-34(10-2,11-3)12-4)22-26-18(14-33-22)23(30)31-8/h14-17,19-20H,9-13H2,1-8H3,(H,25,29)/t16?,17-,19-,20+/m1/s1. The van der Waals surface area contributed by atoms with Gasteiger partial charge in [-0.1, -0.05) is 60.0 Å². The molecule has 4 atom stereocenters. The smallest absolute Gasteiger partial charge is 0.357 e. The van der Waals surface area contributed by atoms with Gasteiger partial charge in [0, 0.05) is 16.3 Å². The van der Waals surface area contributed by atoms with E-state index in [1.807, 2.05) is 27.7 Å². The van der Waals surface area contributed by atoms with Crippen LogP contribution < -0.4 is 5.32 Å². The zero-order chi connectivity index (χ0) is 25.9. The Hall–Kier alpha value is -1.94. The second-order valence-corrected chi connectivity index (χ2v) is 14.7. The first-order valence-corrected chi connectivity index (χ1v) is 15.6. The monoisotopic (exact) mass is 511 g/mol. The number of hydrogen-bond donors (Lipinski definition) is 1. The fourth-order valence-electron chi connectivity index (χ4n) is 3.83. The minimum absolute atomic E-state index is 0.0716. The number of nitrogens with one attached hydrogen (secondary N) is 1. The number of carbonyl (C=O) groups is 2. The lowest BCUT2D eigenvalue weighted by atomic mass is 9.95. The maximum Gasteiger partial charge on any atom is 0.357 e. The number of aromatic nitrogens is 1. The van der Waals surface area contributed by atoms with Gasteiger partial charge in [0.25, 0.3) is 0 Å². The summed E-state index contributed by atoms with van der Waals surface area (Å²) in [5.74, 6) is -0.716. The molecule has 0 saturated carbocycles. The molecule has 0 aliphatic carbocycles. The molecule has 34 heavy (non-hydrogen) atoms. The second kappa shape index (κ2) is 14.5. The van der Waals surface area contributed by atoms with Crippen molar-refractivity contribution in [1.82, 2.24) is 10.3 Å². The summed E-state index contributed by atoms with van der Waals surface area (Å²) in [6.07, 6.45) is 0.877. The molecule has 1 unspecified atom stereocenters. The number of esters is 1. The molecule has 0 aromatic carbocycles. The normalized spacial score (nSPS) is 15.2. The highest BCUT2D eigenvalue weighted by molar-refractivity contribution is 7.09. The number of azide groups is 1. The number of ether oxygens (including phenoxy) is 1. The topological polar surface area (TPSA) is 126 Å². The van der Waals surface area contributed by atoms with Gasteiger partial charge in [-0.15, -0.1) is 11.3 Å². The zero-order valence-corrected chi connectivity index (χ0v) is 23.6. The van der Waals surface area contributed by atoms with Crippen molar-refractivity contribution in [2.75, 3.05) is 7.11 Å². The summed E-state index contributed by atoms with van der Waals surface area (Å²) in [7, 11) is -0.684. The molecule has 0 radical (unpaired) electrons. The Kier molecular flexibility index (Phi) is 12.8. The van der Waals surface area contributed by atoms with Gasteiger partial charge in [-0.3, -0.25) is 4.79 Å². The fraction of sp³-hybridized carbons (Fsp3) is 0.783. The molecule has 0 bridgehead atoms. The maximum absolute atomic E-state index is 13.1. The molecule has 1 heterocycles. The van der Waals surface area contributed by atoms with Crippen molar-refractivity contribution in [3.8, 4) is 0 Å². The minimum atomic E-state index is -2.02. The van der Waals surface area contributed by atoms with Crippen LogP contribution >= 0.6 is 11.3 Å². The molecule has 192 valence electrons. The summed E-state index contributed by atoms with van der Waals surface area (Å²) in [6, 6.07) is 1.92. The highest BCUT2D eigenvalue weighted by Crippen LogP contribution is 2.35. The van der Waals surface area contributed by atoms with Crippen molar-refractivity contribution in [1.29, 1.82) is 0 Å². The Labute approximate surface area is 208 Å². The van der Waals surface area contributed by atoms with Gasteiger partial charge in [0.05, 0.1) is 13.2 Å². The summed E-state index contributed by atoms with van der Waals surface area (Å²) < 4.78 is 11.7. The number of methoxy groups -OCH3 is 1. The van der Waals surface area contributed by atoms with Gasteiger partial charge in [0.2, 0.25) is 5.91 Å². The quantitative estimate of drug-likeness (QED) is 0.0979. The van der Waals surface area contributed by atoms with E-state index >= 15 is 0 Å². The molecular formula is C23H41N5O4SSi. The van der Waals surface area contributed by atoms with Crippen LogP contribution in [0.3, 0.4) is 0 Å². The van der Waals surface area contributed by atoms with Crippen molar-refractivity contribution in [2.45, 2.75) is 97.6 Å². The van der Waals surface area contributed by atoms with Crippen molar-refractivity contribution >= 4 is 31.5 Å². The van der Waals surface area contributed by atoms with Gasteiger partial charge < -0.3 is 14.5 Å². The predicted octanol–water partition coefficient (Wildman–Crippen LogP) is 6.25. The van der Waals surface area contributed by atoms with Crippen molar-refractivity contribution in [3.05, 3.63) is 26.5 Å². The number of nitrogens with zero attached hydrogens (tertiary/aromatic N) is 4. The van der Waals surface area contributed by atoms with Crippen molar-refractivity contribution in [3.63, 3.8) is 0 Å². The first-order chi connectivity index (χ1) is 16.1. The largest absolute Gasteiger partial charge is 0.464 e. The average Bonchev–Trinajstić information content (AvgIpc) is 3.33. The van der Waals surface area contributed by atoms with E-state index in [-0.39, 0.29) is 35.6 Å². The third kappa shape index (κ3) is 8.08. The van der Waals surface area contributed by atoms with E-state index < -0.39 is 20.3 Å². The number of thiazole rings is 1. The molecule has 0 fully saturated rings. The van der Waals surface area contributed by atoms with Crippen LogP contribution in [0.4, 0.5) is 0 Å². The highest BCUT2D eigenvalue weighted by Gasteiger charge is 2.36. The molecule has 0 spiro atoms. The lowest BCUT2D eigenvalue weighted by molar-refractivity contribution is -0.124. The van der Waals surface area contributed by atoms with Crippen molar-refractivity contribution < 1.29 is 18.8 Å². The molecule has 0 aliphatic rings. The molecule has 1 aromatic rings. The first-order valence-electron chi connectivity index (χ1n) is 12.2. The molecule has 1 amide bonds. The number of amides is 1. The summed E-state index contributed by atoms with van der Waals surface area (Å²) in [6.45, 7) is 14.4. The zero-order valence-electron chi connectivity index (χ0n) is 21.8. The van der Waals surface area contributed by atoms with E-state index in [2.05, 4.69) is 41.1 Å². The summed E-state index contributed by atoms with van der Waals surface area (Å²) >= 11 is 1.38. The van der Waals surface area contributed by atoms with E-state index in [4.69, 9.17) is 14.7 Å². The van der Waals surface area contributed by atoms with Gasteiger partial charge in [0.15, 0.2) is 14.0 Å². The highest BCUT2D eigenvalue weighted by atomic mass is 32.1. The van der Waals surface area contributed by atoms with Gasteiger partial charge in [-0.25, -0.2) is 9.78 Å². The predicted molar refractivity (Wildman–Crippen MR) is 138 cm³/mol. The average molecular weight is 512 g/mol. The van der Waals surface area contributed by atoms with Crippen LogP contribution in [-0.2, 0) is 14.0 Å². The lowest BCUT2D eigenvalue weighted by Crippen LogP contribution is -2.47. The summed E-state index contributed by atoms with van der Waals surface area (Å²) in [5, 5.41) is 9.27. The molecule has 0 saturated heterocycles. The molecule has 11 heteroatoms. The molecule has 1 N–H and O–H groups in total. The van der Waals surface area contributed by atoms with Crippen LogP contribution in [0.5, 0.6) is 0 Å². The third-order valence-corrected chi connectivity index (χ3v) is 12.3. The number of rotatable bonds is 15. The molecule has 1 aromatic heterocycles. The van der Waals surface area contributed by atoms with Crippen LogP contribution in [0.1, 0.15) is 82.9 Å². The van der Waals surface area contributed by atoms with Crippen LogP contribution in [-0.4, -0.2) is 44.4 Å². The Morgan fingerprint density at radius 1 is 1.21 bits per heavy atom. The Bertz CT molecular complexity index is 831. The van der Waals surface area contributed by atoms with Crippen molar-refractivity contribution in [2.24, 2.45) is 17.0 Å². The Balaban J connectivity index is 3.30. The third-order valence-electron chi connectivity index (χ3n) is 6.75. The van der Waals surface area contributed by atoms with E-state index in [0.717, 1.165) is 24.6 Å². The molecule has 0 aliphatic heterocycles. The van der Waals surface area contributed by atoms with Gasteiger partial charge in [-0.05, 0) is 41.9 Å².